The lowest BCUT2D eigenvalue weighted by Gasteiger charge is -2.54. The molecule has 0 aliphatic heterocycles. The van der Waals surface area contributed by atoms with Gasteiger partial charge in [-0.25, -0.2) is 25.6 Å². The van der Waals surface area contributed by atoms with Gasteiger partial charge in [0.1, 0.15) is 16.4 Å². The largest absolute Gasteiger partial charge is 0.497 e. The molecular weight excluding hydrogens is 520 g/mol. The van der Waals surface area contributed by atoms with Gasteiger partial charge in [-0.2, -0.15) is 26.3 Å². The second-order valence-electron chi connectivity index (χ2n) is 8.51. The molecule has 2 aromatic carbocycles. The first-order chi connectivity index (χ1) is 15.2. The Hall–Kier alpha value is -2.22. The van der Waals surface area contributed by atoms with Crippen LogP contribution in [0.1, 0.15) is 30.9 Å². The Labute approximate surface area is 189 Å². The quantitative estimate of drug-likeness (QED) is 0.481. The smallest absolute Gasteiger partial charge is 0.223 e. The fourth-order valence-corrected chi connectivity index (χ4v) is 8.14. The summed E-state index contributed by atoms with van der Waals surface area (Å²) in [4.78, 5) is -0.718. The highest BCUT2D eigenvalue weighted by molar-refractivity contribution is 7.93. The molecule has 188 valence electrons. The minimum atomic E-state index is -5.69. The third kappa shape index (κ3) is 4.41. The number of benzene rings is 2. The monoisotopic (exact) mass is 536 g/mol. The molecule has 0 radical (unpaired) electrons. The maximum atomic E-state index is 14.7. The third-order valence-corrected chi connectivity index (χ3v) is 9.95. The molecule has 2 aromatic rings. The first-order valence-corrected chi connectivity index (χ1v) is 12.5. The molecule has 14 heteroatoms. The molecule has 1 aliphatic rings. The maximum Gasteiger partial charge on any atom is 0.497 e. The predicted molar refractivity (Wildman–Crippen MR) is 104 cm³/mol. The molecule has 0 N–H and O–H groups in total. The lowest BCUT2D eigenvalue weighted by Crippen LogP contribution is -2.56. The second-order valence-corrected chi connectivity index (χ2v) is 12.8. The summed E-state index contributed by atoms with van der Waals surface area (Å²) < 4.78 is 154. The van der Waals surface area contributed by atoms with Crippen molar-refractivity contribution in [1.82, 2.24) is 0 Å². The van der Waals surface area contributed by atoms with Crippen molar-refractivity contribution in [2.75, 3.05) is 5.75 Å². The summed E-state index contributed by atoms with van der Waals surface area (Å²) in [7, 11) is -10.5. The standard InChI is InChI=1S/C20H16F8O4S2/c1-17(11-33(29,30)20(26,27)28)9-18(10-17,15-8-13(21)4-7-16(15)22)34(31,32)14-5-2-12(3-6-14)19(23,24)25/h2-8H,9-11H2,1H3. The molecule has 0 unspecified atom stereocenters. The number of sulfone groups is 2. The SMILES string of the molecule is CC1(CS(=O)(=O)C(F)(F)F)CC(c2cc(F)ccc2F)(S(=O)(=O)c2ccc(C(F)(F)F)cc2)C1. The molecule has 1 fully saturated rings. The van der Waals surface area contributed by atoms with E-state index in [-0.39, 0.29) is 0 Å². The average molecular weight is 536 g/mol. The van der Waals surface area contributed by atoms with E-state index in [1.54, 1.807) is 0 Å². The predicted octanol–water partition coefficient (Wildman–Crippen LogP) is 5.39. The van der Waals surface area contributed by atoms with E-state index < -0.39 is 87.8 Å². The summed E-state index contributed by atoms with van der Waals surface area (Å²) in [6, 6.07) is 3.89. The van der Waals surface area contributed by atoms with Crippen molar-refractivity contribution in [1.29, 1.82) is 0 Å². The van der Waals surface area contributed by atoms with Crippen molar-refractivity contribution in [3.05, 3.63) is 65.2 Å². The third-order valence-electron chi connectivity index (χ3n) is 5.74. The fraction of sp³-hybridized carbons (Fsp3) is 0.400. The lowest BCUT2D eigenvalue weighted by molar-refractivity contribution is -0.137. The van der Waals surface area contributed by atoms with E-state index in [1.807, 2.05) is 0 Å². The van der Waals surface area contributed by atoms with Crippen LogP contribution in [0.25, 0.3) is 0 Å². The molecule has 0 spiro atoms. The summed E-state index contributed by atoms with van der Waals surface area (Å²) >= 11 is 0. The van der Waals surface area contributed by atoms with Gasteiger partial charge in [0.2, 0.25) is 9.84 Å². The normalized spacial score (nSPS) is 24.0. The first-order valence-electron chi connectivity index (χ1n) is 9.41. The topological polar surface area (TPSA) is 68.3 Å². The number of rotatable bonds is 5. The van der Waals surface area contributed by atoms with Gasteiger partial charge in [-0.3, -0.25) is 0 Å². The van der Waals surface area contributed by atoms with E-state index in [0.29, 0.717) is 42.5 Å². The molecule has 0 heterocycles. The van der Waals surface area contributed by atoms with Crippen molar-refractivity contribution in [3.8, 4) is 0 Å². The molecule has 0 amide bonds. The summed E-state index contributed by atoms with van der Waals surface area (Å²) in [5.74, 6) is -3.81. The van der Waals surface area contributed by atoms with Crippen LogP contribution in [0.4, 0.5) is 35.1 Å². The van der Waals surface area contributed by atoms with Gasteiger partial charge in [-0.1, -0.05) is 6.92 Å². The van der Waals surface area contributed by atoms with Crippen molar-refractivity contribution in [3.63, 3.8) is 0 Å². The first kappa shape index (κ1) is 26.4. The van der Waals surface area contributed by atoms with Gasteiger partial charge in [-0.15, -0.1) is 0 Å². The molecule has 0 bridgehead atoms. The zero-order valence-corrected chi connectivity index (χ0v) is 18.8. The second kappa shape index (κ2) is 7.90. The lowest BCUT2D eigenvalue weighted by atomic mass is 9.61. The van der Waals surface area contributed by atoms with Crippen LogP contribution >= 0.6 is 0 Å². The van der Waals surface area contributed by atoms with E-state index in [9.17, 15) is 52.0 Å². The molecule has 34 heavy (non-hydrogen) atoms. The van der Waals surface area contributed by atoms with Crippen molar-refractivity contribution < 1.29 is 52.0 Å². The Morgan fingerprint density at radius 1 is 0.853 bits per heavy atom. The summed E-state index contributed by atoms with van der Waals surface area (Å²) in [5, 5.41) is 0. The average Bonchev–Trinajstić information content (AvgIpc) is 2.65. The van der Waals surface area contributed by atoms with Gasteiger partial charge >= 0.3 is 11.7 Å². The van der Waals surface area contributed by atoms with Crippen molar-refractivity contribution in [2.45, 2.75) is 41.1 Å². The Kier molecular flexibility index (Phi) is 6.13. The molecular formula is C20H16F8O4S2. The van der Waals surface area contributed by atoms with Gasteiger partial charge < -0.3 is 0 Å². The summed E-state index contributed by atoms with van der Waals surface area (Å²) in [6.07, 6.45) is -6.49. The van der Waals surface area contributed by atoms with Crippen LogP contribution < -0.4 is 0 Å². The minimum Gasteiger partial charge on any atom is -0.223 e. The molecule has 3 rings (SSSR count). The zero-order chi connectivity index (χ0) is 26.0. The van der Waals surface area contributed by atoms with Gasteiger partial charge in [0.15, 0.2) is 9.84 Å². The van der Waals surface area contributed by atoms with E-state index >= 15 is 0 Å². The van der Waals surface area contributed by atoms with Crippen LogP contribution in [0.3, 0.4) is 0 Å². The Balaban J connectivity index is 2.13. The van der Waals surface area contributed by atoms with Crippen LogP contribution in [0.15, 0.2) is 47.4 Å². The van der Waals surface area contributed by atoms with Gasteiger partial charge in [0.05, 0.1) is 16.2 Å². The van der Waals surface area contributed by atoms with E-state index in [2.05, 4.69) is 0 Å². The molecule has 1 aliphatic carbocycles. The Morgan fingerprint density at radius 2 is 1.38 bits per heavy atom. The van der Waals surface area contributed by atoms with Crippen LogP contribution in [-0.4, -0.2) is 28.1 Å². The highest BCUT2D eigenvalue weighted by Gasteiger charge is 2.64. The zero-order valence-electron chi connectivity index (χ0n) is 17.1. The number of hydrogen-bond donors (Lipinski definition) is 0. The summed E-state index contributed by atoms with van der Waals surface area (Å²) in [6.45, 7) is 1.05. The molecule has 0 aromatic heterocycles. The Morgan fingerprint density at radius 3 is 1.85 bits per heavy atom. The molecule has 0 saturated heterocycles. The van der Waals surface area contributed by atoms with Crippen molar-refractivity contribution >= 4 is 19.7 Å². The number of alkyl halides is 6. The van der Waals surface area contributed by atoms with E-state index in [4.69, 9.17) is 0 Å². The fourth-order valence-electron chi connectivity index (χ4n) is 4.39. The molecule has 1 saturated carbocycles. The van der Waals surface area contributed by atoms with Gasteiger partial charge in [-0.05, 0) is 60.7 Å². The van der Waals surface area contributed by atoms with Crippen LogP contribution in [0.2, 0.25) is 0 Å². The van der Waals surface area contributed by atoms with Gasteiger partial charge in [0, 0.05) is 5.56 Å². The van der Waals surface area contributed by atoms with E-state index in [1.165, 1.54) is 0 Å². The maximum absolute atomic E-state index is 14.7. The Bertz CT molecular complexity index is 1310. The highest BCUT2D eigenvalue weighted by Crippen LogP contribution is 2.61. The minimum absolute atomic E-state index is 0.453. The van der Waals surface area contributed by atoms with Crippen LogP contribution in [0.5, 0.6) is 0 Å². The van der Waals surface area contributed by atoms with Crippen LogP contribution in [0, 0.1) is 17.0 Å². The number of halogens is 8. The van der Waals surface area contributed by atoms with Gasteiger partial charge in [0.25, 0.3) is 0 Å². The number of hydrogen-bond acceptors (Lipinski definition) is 4. The van der Waals surface area contributed by atoms with Crippen molar-refractivity contribution in [2.24, 2.45) is 5.41 Å². The molecule has 0 atom stereocenters. The molecule has 4 nitrogen and oxygen atoms in total. The summed E-state index contributed by atoms with van der Waals surface area (Å²) in [5.41, 5.74) is -9.36. The van der Waals surface area contributed by atoms with Crippen LogP contribution in [-0.2, 0) is 30.6 Å². The highest BCUT2D eigenvalue weighted by atomic mass is 32.2. The van der Waals surface area contributed by atoms with E-state index in [0.717, 1.165) is 6.92 Å².